The number of phenolic OH excluding ortho intramolecular Hbond substituents is 1. The molecule has 0 radical (unpaired) electrons. The number of phenols is 1. The zero-order chi connectivity index (χ0) is 27.5. The lowest BCUT2D eigenvalue weighted by atomic mass is 10.0. The molecule has 0 heterocycles. The molecule has 0 aromatic heterocycles. The van der Waals surface area contributed by atoms with Crippen molar-refractivity contribution in [1.82, 2.24) is 16.0 Å². The van der Waals surface area contributed by atoms with Crippen LogP contribution in [0.15, 0.2) is 54.6 Å². The Hall–Kier alpha value is -4.45. The number of hydrogen-bond donors (Lipinski definition) is 7. The van der Waals surface area contributed by atoms with Gasteiger partial charge in [-0.1, -0.05) is 42.5 Å². The third kappa shape index (κ3) is 9.61. The SMILES string of the molecule is CC(NC(=O)C(Cc1ccccc1)NC(=O)C(N)CC(=O)O)C(=O)NC(Cc1ccc(O)cc1)C(=O)O. The number of carboxylic acids is 2. The fraction of sp³-hybridized carbons (Fsp3) is 0.320. The zero-order valence-electron chi connectivity index (χ0n) is 20.1. The van der Waals surface area contributed by atoms with Gasteiger partial charge in [0.15, 0.2) is 0 Å². The van der Waals surface area contributed by atoms with E-state index >= 15 is 0 Å². The zero-order valence-corrected chi connectivity index (χ0v) is 20.1. The molecular weight excluding hydrogens is 484 g/mol. The van der Waals surface area contributed by atoms with Crippen molar-refractivity contribution < 1.29 is 39.3 Å². The molecule has 12 heteroatoms. The molecule has 2 aromatic rings. The number of hydrogen-bond acceptors (Lipinski definition) is 7. The van der Waals surface area contributed by atoms with E-state index in [0.29, 0.717) is 11.1 Å². The minimum absolute atomic E-state index is 0.0112. The maximum atomic E-state index is 13.0. The summed E-state index contributed by atoms with van der Waals surface area (Å²) in [5, 5.41) is 35.0. The van der Waals surface area contributed by atoms with Crippen molar-refractivity contribution in [3.05, 3.63) is 65.7 Å². The van der Waals surface area contributed by atoms with Gasteiger partial charge in [0.25, 0.3) is 0 Å². The first kappa shape index (κ1) is 28.8. The van der Waals surface area contributed by atoms with E-state index in [1.165, 1.54) is 31.2 Å². The van der Waals surface area contributed by atoms with E-state index in [0.717, 1.165) is 0 Å². The van der Waals surface area contributed by atoms with Gasteiger partial charge in [-0.25, -0.2) is 4.79 Å². The molecule has 4 atom stereocenters. The summed E-state index contributed by atoms with van der Waals surface area (Å²) in [6.07, 6.45) is -0.663. The Morgan fingerprint density at radius 2 is 1.30 bits per heavy atom. The Bertz CT molecular complexity index is 1110. The van der Waals surface area contributed by atoms with Gasteiger partial charge in [-0.15, -0.1) is 0 Å². The first-order valence-corrected chi connectivity index (χ1v) is 11.4. The third-order valence-electron chi connectivity index (χ3n) is 5.39. The average Bonchev–Trinajstić information content (AvgIpc) is 2.84. The second-order valence-corrected chi connectivity index (χ2v) is 8.46. The number of aromatic hydroxyl groups is 1. The summed E-state index contributed by atoms with van der Waals surface area (Å²) in [6.45, 7) is 1.35. The summed E-state index contributed by atoms with van der Waals surface area (Å²) in [5.41, 5.74) is 6.85. The van der Waals surface area contributed by atoms with Crippen LogP contribution in [0.25, 0.3) is 0 Å². The maximum absolute atomic E-state index is 13.0. The normalized spacial score (nSPS) is 13.9. The van der Waals surface area contributed by atoms with Crippen LogP contribution in [-0.4, -0.2) is 69.1 Å². The summed E-state index contributed by atoms with van der Waals surface area (Å²) in [6, 6.07) is 9.47. The van der Waals surface area contributed by atoms with Crippen LogP contribution < -0.4 is 21.7 Å². The molecule has 37 heavy (non-hydrogen) atoms. The Morgan fingerprint density at radius 1 is 0.757 bits per heavy atom. The molecule has 0 aliphatic carbocycles. The highest BCUT2D eigenvalue weighted by atomic mass is 16.4. The van der Waals surface area contributed by atoms with Crippen LogP contribution in [0.2, 0.25) is 0 Å². The highest BCUT2D eigenvalue weighted by Gasteiger charge is 2.29. The van der Waals surface area contributed by atoms with E-state index in [9.17, 15) is 34.2 Å². The van der Waals surface area contributed by atoms with Gasteiger partial charge in [0, 0.05) is 12.8 Å². The molecule has 4 unspecified atom stereocenters. The molecule has 0 bridgehead atoms. The Morgan fingerprint density at radius 3 is 1.86 bits per heavy atom. The van der Waals surface area contributed by atoms with Gasteiger partial charge in [0.05, 0.1) is 12.5 Å². The van der Waals surface area contributed by atoms with Gasteiger partial charge in [-0.3, -0.25) is 19.2 Å². The number of benzene rings is 2. The topological polar surface area (TPSA) is 208 Å². The van der Waals surface area contributed by atoms with Crippen molar-refractivity contribution in [2.75, 3.05) is 0 Å². The molecule has 3 amide bonds. The van der Waals surface area contributed by atoms with Crippen LogP contribution in [-0.2, 0) is 36.8 Å². The number of carbonyl (C=O) groups excluding carboxylic acids is 3. The highest BCUT2D eigenvalue weighted by Crippen LogP contribution is 2.12. The number of carboxylic acid groups (broad SMARTS) is 2. The second kappa shape index (κ2) is 13.6. The van der Waals surface area contributed by atoms with Gasteiger partial charge in [-0.2, -0.15) is 0 Å². The second-order valence-electron chi connectivity index (χ2n) is 8.46. The number of nitrogens with two attached hydrogens (primary N) is 1. The van der Waals surface area contributed by atoms with E-state index in [1.54, 1.807) is 30.3 Å². The molecular formula is C25H30N4O8. The molecule has 0 saturated heterocycles. The number of carbonyl (C=O) groups is 5. The largest absolute Gasteiger partial charge is 0.508 e. The molecule has 0 fully saturated rings. The molecule has 198 valence electrons. The highest BCUT2D eigenvalue weighted by molar-refractivity contribution is 5.94. The number of aliphatic carboxylic acids is 2. The van der Waals surface area contributed by atoms with Gasteiger partial charge in [0.1, 0.15) is 23.9 Å². The number of amides is 3. The summed E-state index contributed by atoms with van der Waals surface area (Å²) >= 11 is 0. The third-order valence-corrected chi connectivity index (χ3v) is 5.39. The molecule has 0 aliphatic heterocycles. The first-order valence-electron chi connectivity index (χ1n) is 11.4. The van der Waals surface area contributed by atoms with Crippen molar-refractivity contribution in [2.24, 2.45) is 5.73 Å². The molecule has 2 rings (SSSR count). The lowest BCUT2D eigenvalue weighted by molar-refractivity contribution is -0.142. The number of rotatable bonds is 13. The predicted molar refractivity (Wildman–Crippen MR) is 131 cm³/mol. The predicted octanol–water partition coefficient (Wildman–Crippen LogP) is -0.462. The van der Waals surface area contributed by atoms with Crippen molar-refractivity contribution in [3.8, 4) is 5.75 Å². The first-order chi connectivity index (χ1) is 17.5. The smallest absolute Gasteiger partial charge is 0.326 e. The van der Waals surface area contributed by atoms with Crippen LogP contribution in [0.1, 0.15) is 24.5 Å². The van der Waals surface area contributed by atoms with Gasteiger partial charge in [-0.05, 0) is 30.2 Å². The van der Waals surface area contributed by atoms with Crippen molar-refractivity contribution in [3.63, 3.8) is 0 Å². The quantitative estimate of drug-likeness (QED) is 0.184. The monoisotopic (exact) mass is 514 g/mol. The maximum Gasteiger partial charge on any atom is 0.326 e. The van der Waals surface area contributed by atoms with Crippen LogP contribution >= 0.6 is 0 Å². The van der Waals surface area contributed by atoms with Crippen molar-refractivity contribution >= 4 is 29.7 Å². The molecule has 12 nitrogen and oxygen atoms in total. The minimum Gasteiger partial charge on any atom is -0.508 e. The summed E-state index contributed by atoms with van der Waals surface area (Å²) < 4.78 is 0. The van der Waals surface area contributed by atoms with Gasteiger partial charge < -0.3 is 37.0 Å². The Labute approximate surface area is 212 Å². The average molecular weight is 515 g/mol. The van der Waals surface area contributed by atoms with E-state index in [4.69, 9.17) is 10.8 Å². The van der Waals surface area contributed by atoms with Crippen LogP contribution in [0.3, 0.4) is 0 Å². The van der Waals surface area contributed by atoms with E-state index < -0.39 is 60.2 Å². The fourth-order valence-corrected chi connectivity index (χ4v) is 3.36. The van der Waals surface area contributed by atoms with Crippen LogP contribution in [0.4, 0.5) is 0 Å². The van der Waals surface area contributed by atoms with E-state index in [1.807, 2.05) is 0 Å². The fourth-order valence-electron chi connectivity index (χ4n) is 3.36. The Kier molecular flexibility index (Phi) is 10.6. The van der Waals surface area contributed by atoms with Crippen LogP contribution in [0, 0.1) is 0 Å². The molecule has 2 aromatic carbocycles. The minimum atomic E-state index is -1.39. The Balaban J connectivity index is 2.08. The summed E-state index contributed by atoms with van der Waals surface area (Å²) in [4.78, 5) is 60.6. The molecule has 0 aliphatic rings. The summed E-state index contributed by atoms with van der Waals surface area (Å²) in [5.74, 6) is -4.92. The van der Waals surface area contributed by atoms with Gasteiger partial charge in [0.2, 0.25) is 17.7 Å². The van der Waals surface area contributed by atoms with Gasteiger partial charge >= 0.3 is 11.9 Å². The standard InChI is InChI=1S/C25H30N4O8/c1-14(22(33)29-20(25(36)37)12-16-7-9-17(30)10-8-16)27-24(35)19(11-15-5-3-2-4-6-15)28-23(34)18(26)13-21(31)32/h2-10,14,18-20,30H,11-13,26H2,1H3,(H,27,35)(H,28,34)(H,29,33)(H,31,32)(H,36,37). The van der Waals surface area contributed by atoms with Crippen LogP contribution in [0.5, 0.6) is 5.75 Å². The van der Waals surface area contributed by atoms with E-state index in [-0.39, 0.29) is 18.6 Å². The molecule has 0 spiro atoms. The number of nitrogens with one attached hydrogen (secondary N) is 3. The lowest BCUT2D eigenvalue weighted by Crippen LogP contribution is -2.57. The van der Waals surface area contributed by atoms with Crippen molar-refractivity contribution in [1.29, 1.82) is 0 Å². The lowest BCUT2D eigenvalue weighted by Gasteiger charge is -2.23. The molecule has 8 N–H and O–H groups in total. The van der Waals surface area contributed by atoms with Crippen molar-refractivity contribution in [2.45, 2.75) is 50.4 Å². The summed E-state index contributed by atoms with van der Waals surface area (Å²) in [7, 11) is 0. The molecule has 0 saturated carbocycles. The van der Waals surface area contributed by atoms with E-state index in [2.05, 4.69) is 16.0 Å².